The zero-order chi connectivity index (χ0) is 15.4. The maximum Gasteiger partial charge on any atom is 0.130 e. The standard InChI is InChI=1S/C17H18BrClFN/c1-3-21-16(14-6-4-5-11(2)17(14)20)9-12-7-8-13(18)10-15(12)19/h4-8,10,16,21H,3,9H2,1-2H3. The van der Waals surface area contributed by atoms with Crippen LogP contribution in [0.4, 0.5) is 4.39 Å². The number of benzene rings is 2. The molecule has 0 radical (unpaired) electrons. The van der Waals surface area contributed by atoms with Gasteiger partial charge in [-0.25, -0.2) is 4.39 Å². The SMILES string of the molecule is CCNC(Cc1ccc(Br)cc1Cl)c1cccc(C)c1F. The van der Waals surface area contributed by atoms with Crippen molar-refractivity contribution < 1.29 is 4.39 Å². The van der Waals surface area contributed by atoms with Crippen molar-refractivity contribution in [1.29, 1.82) is 0 Å². The summed E-state index contributed by atoms with van der Waals surface area (Å²) in [6, 6.07) is 11.2. The van der Waals surface area contributed by atoms with Gasteiger partial charge in [-0.2, -0.15) is 0 Å². The van der Waals surface area contributed by atoms with Crippen LogP contribution < -0.4 is 5.32 Å². The second kappa shape index (κ2) is 7.39. The fourth-order valence-corrected chi connectivity index (χ4v) is 3.14. The van der Waals surface area contributed by atoms with Gasteiger partial charge in [-0.1, -0.05) is 58.7 Å². The van der Waals surface area contributed by atoms with Crippen LogP contribution in [0.1, 0.15) is 29.7 Å². The Kier molecular flexibility index (Phi) is 5.80. The molecule has 0 aliphatic rings. The molecule has 0 fully saturated rings. The Labute approximate surface area is 138 Å². The van der Waals surface area contributed by atoms with Crippen LogP contribution in [-0.2, 0) is 6.42 Å². The second-order valence-corrected chi connectivity index (χ2v) is 6.35. The summed E-state index contributed by atoms with van der Waals surface area (Å²) in [5.74, 6) is -0.142. The monoisotopic (exact) mass is 369 g/mol. The zero-order valence-corrected chi connectivity index (χ0v) is 14.4. The highest BCUT2D eigenvalue weighted by molar-refractivity contribution is 9.10. The van der Waals surface area contributed by atoms with Gasteiger partial charge in [0.1, 0.15) is 5.82 Å². The van der Waals surface area contributed by atoms with E-state index in [2.05, 4.69) is 21.2 Å². The van der Waals surface area contributed by atoms with Crippen LogP contribution in [0, 0.1) is 12.7 Å². The number of hydrogen-bond donors (Lipinski definition) is 1. The number of halogens is 3. The third-order valence-electron chi connectivity index (χ3n) is 3.49. The lowest BCUT2D eigenvalue weighted by Crippen LogP contribution is -2.24. The minimum atomic E-state index is -0.142. The maximum atomic E-state index is 14.4. The highest BCUT2D eigenvalue weighted by Gasteiger charge is 2.17. The average molecular weight is 371 g/mol. The van der Waals surface area contributed by atoms with E-state index in [4.69, 9.17) is 11.6 Å². The molecular weight excluding hydrogens is 353 g/mol. The van der Waals surface area contributed by atoms with Crippen molar-refractivity contribution in [3.8, 4) is 0 Å². The van der Waals surface area contributed by atoms with Gasteiger partial charge in [-0.05, 0) is 43.1 Å². The number of nitrogens with one attached hydrogen (secondary N) is 1. The molecule has 1 N–H and O–H groups in total. The van der Waals surface area contributed by atoms with Crippen molar-refractivity contribution in [1.82, 2.24) is 5.32 Å². The molecule has 2 rings (SSSR count). The summed E-state index contributed by atoms with van der Waals surface area (Å²) in [6.45, 7) is 4.57. The van der Waals surface area contributed by atoms with E-state index in [-0.39, 0.29) is 11.9 Å². The molecule has 0 aliphatic heterocycles. The zero-order valence-electron chi connectivity index (χ0n) is 12.1. The maximum absolute atomic E-state index is 14.4. The summed E-state index contributed by atoms with van der Waals surface area (Å²) in [5, 5.41) is 4.04. The fraction of sp³-hybridized carbons (Fsp3) is 0.294. The second-order valence-electron chi connectivity index (χ2n) is 5.03. The molecule has 0 spiro atoms. The van der Waals surface area contributed by atoms with E-state index in [0.29, 0.717) is 22.6 Å². The smallest absolute Gasteiger partial charge is 0.130 e. The van der Waals surface area contributed by atoms with E-state index in [1.54, 1.807) is 13.0 Å². The van der Waals surface area contributed by atoms with Crippen molar-refractivity contribution >= 4 is 27.5 Å². The van der Waals surface area contributed by atoms with E-state index in [1.807, 2.05) is 37.3 Å². The number of aryl methyl sites for hydroxylation is 1. The summed E-state index contributed by atoms with van der Waals surface area (Å²) >= 11 is 9.68. The predicted molar refractivity (Wildman–Crippen MR) is 90.4 cm³/mol. The predicted octanol–water partition coefficient (Wildman–Crippen LogP) is 5.44. The summed E-state index contributed by atoms with van der Waals surface area (Å²) in [4.78, 5) is 0. The number of hydrogen-bond acceptors (Lipinski definition) is 1. The molecule has 1 unspecified atom stereocenters. The normalized spacial score (nSPS) is 12.4. The molecule has 1 atom stereocenters. The molecule has 0 saturated heterocycles. The van der Waals surface area contributed by atoms with Crippen molar-refractivity contribution in [2.24, 2.45) is 0 Å². The highest BCUT2D eigenvalue weighted by atomic mass is 79.9. The molecule has 1 nitrogen and oxygen atoms in total. The summed E-state index contributed by atoms with van der Waals surface area (Å²) in [7, 11) is 0. The quantitative estimate of drug-likeness (QED) is 0.738. The lowest BCUT2D eigenvalue weighted by Gasteiger charge is -2.20. The average Bonchev–Trinajstić information content (AvgIpc) is 2.44. The van der Waals surface area contributed by atoms with Gasteiger partial charge in [0.2, 0.25) is 0 Å². The Morgan fingerprint density at radius 1 is 1.29 bits per heavy atom. The van der Waals surface area contributed by atoms with Gasteiger partial charge in [0.15, 0.2) is 0 Å². The molecule has 4 heteroatoms. The molecule has 2 aromatic carbocycles. The van der Waals surface area contributed by atoms with Gasteiger partial charge < -0.3 is 5.32 Å². The van der Waals surface area contributed by atoms with Crippen molar-refractivity contribution in [3.63, 3.8) is 0 Å². The first-order valence-electron chi connectivity index (χ1n) is 6.95. The van der Waals surface area contributed by atoms with Gasteiger partial charge >= 0.3 is 0 Å². The Bertz CT molecular complexity index is 630. The Morgan fingerprint density at radius 2 is 2.05 bits per heavy atom. The Balaban J connectivity index is 2.33. The van der Waals surface area contributed by atoms with Crippen LogP contribution in [0.15, 0.2) is 40.9 Å². The van der Waals surface area contributed by atoms with Gasteiger partial charge in [-0.3, -0.25) is 0 Å². The first kappa shape index (κ1) is 16.5. The molecule has 0 aliphatic carbocycles. The molecule has 0 amide bonds. The molecular formula is C17H18BrClFN. The van der Waals surface area contributed by atoms with Crippen LogP contribution in [0.2, 0.25) is 5.02 Å². The van der Waals surface area contributed by atoms with Gasteiger partial charge in [-0.15, -0.1) is 0 Å². The molecule has 0 aromatic heterocycles. The van der Waals surface area contributed by atoms with Crippen LogP contribution in [-0.4, -0.2) is 6.54 Å². The molecule has 0 bridgehead atoms. The van der Waals surface area contributed by atoms with Crippen LogP contribution in [0.3, 0.4) is 0 Å². The van der Waals surface area contributed by atoms with Gasteiger partial charge in [0.05, 0.1) is 0 Å². The van der Waals surface area contributed by atoms with Gasteiger partial charge in [0, 0.05) is 21.1 Å². The van der Waals surface area contributed by atoms with E-state index < -0.39 is 0 Å². The lowest BCUT2D eigenvalue weighted by molar-refractivity contribution is 0.507. The number of rotatable bonds is 5. The van der Waals surface area contributed by atoms with Gasteiger partial charge in [0.25, 0.3) is 0 Å². The lowest BCUT2D eigenvalue weighted by atomic mass is 9.97. The van der Waals surface area contributed by atoms with E-state index >= 15 is 0 Å². The van der Waals surface area contributed by atoms with Crippen LogP contribution >= 0.6 is 27.5 Å². The van der Waals surface area contributed by atoms with E-state index in [9.17, 15) is 4.39 Å². The summed E-state index contributed by atoms with van der Waals surface area (Å²) < 4.78 is 15.3. The van der Waals surface area contributed by atoms with Crippen molar-refractivity contribution in [2.75, 3.05) is 6.54 Å². The number of likely N-dealkylation sites (N-methyl/N-ethyl adjacent to an activating group) is 1. The summed E-state index contributed by atoms with van der Waals surface area (Å²) in [6.07, 6.45) is 0.653. The minimum Gasteiger partial charge on any atom is -0.310 e. The molecule has 112 valence electrons. The van der Waals surface area contributed by atoms with Crippen molar-refractivity contribution in [3.05, 3.63) is 68.4 Å². The topological polar surface area (TPSA) is 12.0 Å². The fourth-order valence-electron chi connectivity index (χ4n) is 2.38. The largest absolute Gasteiger partial charge is 0.310 e. The third kappa shape index (κ3) is 4.06. The molecule has 0 saturated carbocycles. The van der Waals surface area contributed by atoms with E-state index in [0.717, 1.165) is 16.6 Å². The molecule has 2 aromatic rings. The Hall–Kier alpha value is -0.900. The minimum absolute atomic E-state index is 0.0893. The molecule has 21 heavy (non-hydrogen) atoms. The first-order valence-corrected chi connectivity index (χ1v) is 8.12. The van der Waals surface area contributed by atoms with Crippen LogP contribution in [0.25, 0.3) is 0 Å². The Morgan fingerprint density at radius 3 is 2.71 bits per heavy atom. The van der Waals surface area contributed by atoms with Crippen LogP contribution in [0.5, 0.6) is 0 Å². The van der Waals surface area contributed by atoms with E-state index in [1.165, 1.54) is 0 Å². The summed E-state index contributed by atoms with van der Waals surface area (Å²) in [5.41, 5.74) is 2.36. The molecule has 0 heterocycles. The first-order chi connectivity index (χ1) is 10.0. The highest BCUT2D eigenvalue weighted by Crippen LogP contribution is 2.28. The van der Waals surface area contributed by atoms with Crippen molar-refractivity contribution in [2.45, 2.75) is 26.3 Å². The third-order valence-corrected chi connectivity index (χ3v) is 4.33.